The molecular weight excluding hydrogens is 420 g/mol. The van der Waals surface area contributed by atoms with Crippen LogP contribution in [0.25, 0.3) is 5.76 Å². The van der Waals surface area contributed by atoms with Crippen LogP contribution < -0.4 is 4.74 Å². The van der Waals surface area contributed by atoms with E-state index in [9.17, 15) is 19.8 Å². The number of fused-ring (bicyclic) bond motifs is 1. The van der Waals surface area contributed by atoms with Gasteiger partial charge in [-0.3, -0.25) is 9.59 Å². The SMILES string of the molecule is CCN(CC)CCN1C(=O)C(=O)/C(=C(\O)c2ccc3c(c2)CCCO3)C1c1ccc(O)cc1. The summed E-state index contributed by atoms with van der Waals surface area (Å²) in [5, 5.41) is 21.0. The maximum Gasteiger partial charge on any atom is 0.295 e. The Kier molecular flexibility index (Phi) is 6.70. The Balaban J connectivity index is 1.78. The van der Waals surface area contributed by atoms with Crippen LogP contribution in [0.15, 0.2) is 48.0 Å². The van der Waals surface area contributed by atoms with E-state index in [0.717, 1.165) is 37.2 Å². The Labute approximate surface area is 193 Å². The fourth-order valence-electron chi connectivity index (χ4n) is 4.57. The number of rotatable bonds is 7. The number of nitrogens with zero attached hydrogens (tertiary/aromatic N) is 2. The predicted octanol–water partition coefficient (Wildman–Crippen LogP) is 3.48. The molecule has 0 bridgehead atoms. The summed E-state index contributed by atoms with van der Waals surface area (Å²) < 4.78 is 5.66. The Morgan fingerprint density at radius 1 is 1.12 bits per heavy atom. The van der Waals surface area contributed by atoms with Gasteiger partial charge in [0.25, 0.3) is 11.7 Å². The Morgan fingerprint density at radius 3 is 2.55 bits per heavy atom. The lowest BCUT2D eigenvalue weighted by molar-refractivity contribution is -0.140. The first-order chi connectivity index (χ1) is 15.9. The van der Waals surface area contributed by atoms with Crippen LogP contribution in [0.4, 0.5) is 0 Å². The van der Waals surface area contributed by atoms with E-state index in [1.54, 1.807) is 24.3 Å². The van der Waals surface area contributed by atoms with E-state index in [0.29, 0.717) is 30.8 Å². The molecule has 2 aliphatic heterocycles. The molecule has 2 aromatic rings. The molecule has 1 saturated heterocycles. The number of ether oxygens (including phenoxy) is 1. The number of hydrogen-bond acceptors (Lipinski definition) is 6. The summed E-state index contributed by atoms with van der Waals surface area (Å²) in [6.45, 7) is 7.40. The van der Waals surface area contributed by atoms with Crippen molar-refractivity contribution in [1.29, 1.82) is 0 Å². The zero-order chi connectivity index (χ0) is 23.5. The molecule has 4 rings (SSSR count). The highest BCUT2D eigenvalue weighted by Crippen LogP contribution is 2.40. The zero-order valence-electron chi connectivity index (χ0n) is 19.1. The lowest BCUT2D eigenvalue weighted by atomic mass is 9.94. The number of Topliss-reactive ketones (excluding diaryl/α,β-unsaturated/α-hetero) is 1. The Morgan fingerprint density at radius 2 is 1.85 bits per heavy atom. The minimum Gasteiger partial charge on any atom is -0.508 e. The summed E-state index contributed by atoms with van der Waals surface area (Å²) in [5.41, 5.74) is 2.20. The third kappa shape index (κ3) is 4.46. The van der Waals surface area contributed by atoms with Crippen LogP contribution in [0.2, 0.25) is 0 Å². The quantitative estimate of drug-likeness (QED) is 0.381. The highest BCUT2D eigenvalue weighted by atomic mass is 16.5. The van der Waals surface area contributed by atoms with Gasteiger partial charge in [0.15, 0.2) is 0 Å². The number of phenolic OH excluding ortho intramolecular Hbond substituents is 1. The molecule has 174 valence electrons. The molecule has 33 heavy (non-hydrogen) atoms. The second-order valence-electron chi connectivity index (χ2n) is 8.39. The molecule has 1 fully saturated rings. The van der Waals surface area contributed by atoms with Gasteiger partial charge >= 0.3 is 0 Å². The molecule has 7 heteroatoms. The van der Waals surface area contributed by atoms with E-state index in [-0.39, 0.29) is 17.1 Å². The summed E-state index contributed by atoms with van der Waals surface area (Å²) in [6.07, 6.45) is 1.72. The second kappa shape index (κ2) is 9.67. The molecule has 0 aliphatic carbocycles. The third-order valence-electron chi connectivity index (χ3n) is 6.48. The first-order valence-electron chi connectivity index (χ1n) is 11.5. The number of hydrogen-bond donors (Lipinski definition) is 2. The van der Waals surface area contributed by atoms with Crippen molar-refractivity contribution in [2.24, 2.45) is 0 Å². The number of ketones is 1. The third-order valence-corrected chi connectivity index (χ3v) is 6.48. The molecular formula is C26H30N2O5. The molecule has 2 N–H and O–H groups in total. The van der Waals surface area contributed by atoms with Crippen LogP contribution in [0.3, 0.4) is 0 Å². The van der Waals surface area contributed by atoms with Crippen molar-refractivity contribution in [1.82, 2.24) is 9.80 Å². The highest BCUT2D eigenvalue weighted by molar-refractivity contribution is 6.46. The van der Waals surface area contributed by atoms with Crippen LogP contribution in [0.1, 0.15) is 43.0 Å². The lowest BCUT2D eigenvalue weighted by Crippen LogP contribution is -2.38. The number of benzene rings is 2. The van der Waals surface area contributed by atoms with Crippen molar-refractivity contribution in [3.63, 3.8) is 0 Å². The predicted molar refractivity (Wildman–Crippen MR) is 125 cm³/mol. The minimum absolute atomic E-state index is 0.0712. The maximum atomic E-state index is 13.2. The first-order valence-corrected chi connectivity index (χ1v) is 11.5. The number of phenols is 1. The standard InChI is InChI=1S/C26H30N2O5/c1-3-27(4-2)13-14-28-23(17-7-10-20(29)11-8-17)22(25(31)26(28)32)24(30)19-9-12-21-18(16-19)6-5-15-33-21/h7-12,16,23,29-30H,3-6,13-15H2,1-2H3/b24-22-. The van der Waals surface area contributed by atoms with E-state index in [1.165, 1.54) is 17.0 Å². The van der Waals surface area contributed by atoms with Crippen LogP contribution in [0, 0.1) is 0 Å². The minimum atomic E-state index is -0.728. The van der Waals surface area contributed by atoms with Gasteiger partial charge in [-0.15, -0.1) is 0 Å². The number of likely N-dealkylation sites (tertiary alicyclic amines) is 1. The van der Waals surface area contributed by atoms with Crippen molar-refractivity contribution in [3.05, 3.63) is 64.7 Å². The van der Waals surface area contributed by atoms with Crippen LogP contribution in [-0.2, 0) is 16.0 Å². The second-order valence-corrected chi connectivity index (χ2v) is 8.39. The van der Waals surface area contributed by atoms with E-state index in [2.05, 4.69) is 18.7 Å². The monoisotopic (exact) mass is 450 g/mol. The number of aryl methyl sites for hydroxylation is 1. The normalized spacial score (nSPS) is 19.6. The fraction of sp³-hybridized carbons (Fsp3) is 0.385. The van der Waals surface area contributed by atoms with Gasteiger partial charge < -0.3 is 24.7 Å². The topological polar surface area (TPSA) is 90.3 Å². The zero-order valence-corrected chi connectivity index (χ0v) is 19.1. The van der Waals surface area contributed by atoms with Gasteiger partial charge in [-0.25, -0.2) is 0 Å². The molecule has 2 aliphatic rings. The number of aliphatic hydroxyl groups is 1. The molecule has 1 atom stereocenters. The van der Waals surface area contributed by atoms with Gasteiger partial charge in [0, 0.05) is 18.7 Å². The smallest absolute Gasteiger partial charge is 0.295 e. The van der Waals surface area contributed by atoms with Crippen molar-refractivity contribution in [2.75, 3.05) is 32.8 Å². The summed E-state index contributed by atoms with van der Waals surface area (Å²) >= 11 is 0. The van der Waals surface area contributed by atoms with Crippen molar-refractivity contribution in [3.8, 4) is 11.5 Å². The van der Waals surface area contributed by atoms with Gasteiger partial charge in [0.05, 0.1) is 18.2 Å². The summed E-state index contributed by atoms with van der Waals surface area (Å²) in [7, 11) is 0. The van der Waals surface area contributed by atoms with Gasteiger partial charge in [0.1, 0.15) is 17.3 Å². The number of aliphatic hydroxyl groups excluding tert-OH is 1. The Hall–Kier alpha value is -3.32. The lowest BCUT2D eigenvalue weighted by Gasteiger charge is -2.28. The van der Waals surface area contributed by atoms with Crippen LogP contribution in [0.5, 0.6) is 11.5 Å². The molecule has 2 aromatic carbocycles. The van der Waals surface area contributed by atoms with Crippen molar-refractivity contribution < 1.29 is 24.5 Å². The number of carbonyl (C=O) groups is 2. The van der Waals surface area contributed by atoms with Gasteiger partial charge in [-0.2, -0.15) is 0 Å². The highest BCUT2D eigenvalue weighted by Gasteiger charge is 2.46. The van der Waals surface area contributed by atoms with Crippen molar-refractivity contribution in [2.45, 2.75) is 32.7 Å². The van der Waals surface area contributed by atoms with E-state index in [4.69, 9.17) is 4.74 Å². The number of amides is 1. The molecule has 0 saturated carbocycles. The summed E-state index contributed by atoms with van der Waals surface area (Å²) in [4.78, 5) is 29.9. The first kappa shape index (κ1) is 22.9. The molecule has 0 spiro atoms. The van der Waals surface area contributed by atoms with Crippen LogP contribution >= 0.6 is 0 Å². The summed E-state index contributed by atoms with van der Waals surface area (Å²) in [6, 6.07) is 11.0. The number of aromatic hydroxyl groups is 1. The fourth-order valence-corrected chi connectivity index (χ4v) is 4.57. The van der Waals surface area contributed by atoms with Gasteiger partial charge in [-0.05, 0) is 67.4 Å². The molecule has 2 heterocycles. The van der Waals surface area contributed by atoms with Gasteiger partial charge in [-0.1, -0.05) is 26.0 Å². The average Bonchev–Trinajstić information content (AvgIpc) is 3.09. The summed E-state index contributed by atoms with van der Waals surface area (Å²) in [5.74, 6) is -0.631. The van der Waals surface area contributed by atoms with Gasteiger partial charge in [0.2, 0.25) is 0 Å². The Bertz CT molecular complexity index is 1070. The number of carbonyl (C=O) groups excluding carboxylic acids is 2. The molecule has 1 unspecified atom stereocenters. The van der Waals surface area contributed by atoms with E-state index >= 15 is 0 Å². The maximum absolute atomic E-state index is 13.2. The molecule has 0 radical (unpaired) electrons. The molecule has 1 amide bonds. The number of likely N-dealkylation sites (N-methyl/N-ethyl adjacent to an activating group) is 1. The van der Waals surface area contributed by atoms with Crippen LogP contribution in [-0.4, -0.2) is 64.5 Å². The van der Waals surface area contributed by atoms with E-state index in [1.807, 2.05) is 6.07 Å². The van der Waals surface area contributed by atoms with E-state index < -0.39 is 17.7 Å². The average molecular weight is 451 g/mol. The largest absolute Gasteiger partial charge is 0.508 e. The molecule has 7 nitrogen and oxygen atoms in total. The van der Waals surface area contributed by atoms with Crippen molar-refractivity contribution >= 4 is 17.4 Å². The molecule has 0 aromatic heterocycles.